The smallest absolute Gasteiger partial charge is 0.226 e. The summed E-state index contributed by atoms with van der Waals surface area (Å²) >= 11 is 5.91. The normalized spacial score (nSPS) is 11.2. The predicted octanol–water partition coefficient (Wildman–Crippen LogP) is 2.61. The number of hydrogen-bond donors (Lipinski definition) is 1. The molecule has 2 aromatic heterocycles. The van der Waals surface area contributed by atoms with Crippen molar-refractivity contribution in [2.45, 2.75) is 26.7 Å². The van der Waals surface area contributed by atoms with E-state index in [1.165, 1.54) is 0 Å². The Morgan fingerprint density at radius 2 is 1.86 bits per heavy atom. The molecule has 7 heteroatoms. The molecule has 0 saturated heterocycles. The van der Waals surface area contributed by atoms with E-state index in [1.54, 1.807) is 12.4 Å². The lowest BCUT2D eigenvalue weighted by Crippen LogP contribution is -2.24. The van der Waals surface area contributed by atoms with Crippen LogP contribution in [-0.4, -0.2) is 51.0 Å². The van der Waals surface area contributed by atoms with E-state index >= 15 is 0 Å². The number of unbranched alkanes of at least 4 members (excludes halogenated alkanes) is 1. The van der Waals surface area contributed by atoms with Crippen LogP contribution in [0.2, 0.25) is 5.28 Å². The third-order valence-corrected chi connectivity index (χ3v) is 3.56. The third kappa shape index (κ3) is 4.47. The zero-order valence-corrected chi connectivity index (χ0v) is 13.3. The van der Waals surface area contributed by atoms with Crippen LogP contribution in [0.15, 0.2) is 12.4 Å². The van der Waals surface area contributed by atoms with Crippen molar-refractivity contribution in [1.29, 1.82) is 0 Å². The van der Waals surface area contributed by atoms with Crippen molar-refractivity contribution in [3.8, 4) is 0 Å². The van der Waals surface area contributed by atoms with Crippen LogP contribution in [-0.2, 0) is 0 Å². The number of anilines is 1. The van der Waals surface area contributed by atoms with Gasteiger partial charge in [0.25, 0.3) is 0 Å². The Morgan fingerprint density at radius 1 is 1.10 bits per heavy atom. The van der Waals surface area contributed by atoms with Gasteiger partial charge in [-0.25, -0.2) is 9.97 Å². The van der Waals surface area contributed by atoms with E-state index in [2.05, 4.69) is 44.0 Å². The standard InChI is InChI=1S/C14H21ClN6/c1-3-21(4-2)10-6-5-7-17-12-11-13(18-9-8-16-11)20-14(15)19-12/h8-9H,3-7,10H2,1-2H3,(H,17,18,19,20). The molecule has 0 saturated carbocycles. The van der Waals surface area contributed by atoms with Crippen LogP contribution in [0.1, 0.15) is 26.7 Å². The van der Waals surface area contributed by atoms with Gasteiger partial charge in [0.05, 0.1) is 0 Å². The first kappa shape index (κ1) is 15.9. The second-order valence-electron chi connectivity index (χ2n) is 4.73. The van der Waals surface area contributed by atoms with Gasteiger partial charge in [0, 0.05) is 18.9 Å². The van der Waals surface area contributed by atoms with Crippen LogP contribution < -0.4 is 5.32 Å². The highest BCUT2D eigenvalue weighted by molar-refractivity contribution is 6.28. The topological polar surface area (TPSA) is 66.8 Å². The van der Waals surface area contributed by atoms with Crippen molar-refractivity contribution in [1.82, 2.24) is 24.8 Å². The van der Waals surface area contributed by atoms with Crippen molar-refractivity contribution >= 4 is 28.6 Å². The highest BCUT2D eigenvalue weighted by atomic mass is 35.5. The third-order valence-electron chi connectivity index (χ3n) is 3.39. The van der Waals surface area contributed by atoms with Gasteiger partial charge in [-0.3, -0.25) is 0 Å². The van der Waals surface area contributed by atoms with Crippen molar-refractivity contribution in [2.24, 2.45) is 0 Å². The predicted molar refractivity (Wildman–Crippen MR) is 85.6 cm³/mol. The van der Waals surface area contributed by atoms with E-state index < -0.39 is 0 Å². The summed E-state index contributed by atoms with van der Waals surface area (Å²) in [6.45, 7) is 8.54. The Morgan fingerprint density at radius 3 is 2.62 bits per heavy atom. The first-order chi connectivity index (χ1) is 10.2. The zero-order valence-electron chi connectivity index (χ0n) is 12.5. The average Bonchev–Trinajstić information content (AvgIpc) is 2.50. The summed E-state index contributed by atoms with van der Waals surface area (Å²) in [4.78, 5) is 19.1. The average molecular weight is 309 g/mol. The molecule has 0 radical (unpaired) electrons. The van der Waals surface area contributed by atoms with Crippen molar-refractivity contribution < 1.29 is 0 Å². The molecule has 114 valence electrons. The molecule has 2 heterocycles. The number of nitrogens with zero attached hydrogens (tertiary/aromatic N) is 5. The van der Waals surface area contributed by atoms with E-state index in [4.69, 9.17) is 11.6 Å². The fraction of sp³-hybridized carbons (Fsp3) is 0.571. The van der Waals surface area contributed by atoms with Crippen LogP contribution >= 0.6 is 11.6 Å². The Balaban J connectivity index is 1.89. The van der Waals surface area contributed by atoms with Crippen molar-refractivity contribution in [3.05, 3.63) is 17.7 Å². The second kappa shape index (κ2) is 8.05. The lowest BCUT2D eigenvalue weighted by atomic mass is 10.3. The van der Waals surface area contributed by atoms with Gasteiger partial charge in [-0.1, -0.05) is 13.8 Å². The first-order valence-corrected chi connectivity index (χ1v) is 7.72. The summed E-state index contributed by atoms with van der Waals surface area (Å²) in [7, 11) is 0. The number of nitrogens with one attached hydrogen (secondary N) is 1. The van der Waals surface area contributed by atoms with E-state index in [9.17, 15) is 0 Å². The maximum Gasteiger partial charge on any atom is 0.226 e. The monoisotopic (exact) mass is 308 g/mol. The molecule has 0 amide bonds. The molecule has 2 rings (SSSR count). The highest BCUT2D eigenvalue weighted by Crippen LogP contribution is 2.17. The van der Waals surface area contributed by atoms with Gasteiger partial charge in [-0.15, -0.1) is 0 Å². The summed E-state index contributed by atoms with van der Waals surface area (Å²) in [5, 5.41) is 3.47. The molecule has 0 aliphatic rings. The van der Waals surface area contributed by atoms with E-state index in [1.807, 2.05) is 0 Å². The summed E-state index contributed by atoms with van der Waals surface area (Å²) in [6, 6.07) is 0. The molecule has 0 bridgehead atoms. The highest BCUT2D eigenvalue weighted by Gasteiger charge is 2.08. The fourth-order valence-electron chi connectivity index (χ4n) is 2.17. The molecule has 0 unspecified atom stereocenters. The summed E-state index contributed by atoms with van der Waals surface area (Å²) in [6.07, 6.45) is 5.45. The molecule has 21 heavy (non-hydrogen) atoms. The van der Waals surface area contributed by atoms with Gasteiger partial charge in [0.1, 0.15) is 0 Å². The van der Waals surface area contributed by atoms with Crippen LogP contribution in [0.5, 0.6) is 0 Å². The molecule has 0 aliphatic carbocycles. The maximum absolute atomic E-state index is 5.91. The minimum atomic E-state index is 0.189. The number of aromatic nitrogens is 4. The molecule has 0 aliphatic heterocycles. The molecule has 1 N–H and O–H groups in total. The molecule has 0 atom stereocenters. The Kier molecular flexibility index (Phi) is 6.07. The quantitative estimate of drug-likeness (QED) is 0.597. The number of halogens is 1. The number of hydrogen-bond acceptors (Lipinski definition) is 6. The maximum atomic E-state index is 5.91. The Bertz CT molecular complexity index is 572. The number of rotatable bonds is 8. The van der Waals surface area contributed by atoms with Gasteiger partial charge in [0.15, 0.2) is 17.0 Å². The number of fused-ring (bicyclic) bond motifs is 1. The van der Waals surface area contributed by atoms with E-state index in [-0.39, 0.29) is 5.28 Å². The lowest BCUT2D eigenvalue weighted by Gasteiger charge is -2.17. The largest absolute Gasteiger partial charge is 0.368 e. The Hall–Kier alpha value is -1.53. The van der Waals surface area contributed by atoms with Gasteiger partial charge in [0.2, 0.25) is 5.28 Å². The molecular weight excluding hydrogens is 288 g/mol. The molecule has 6 nitrogen and oxygen atoms in total. The van der Waals surface area contributed by atoms with Gasteiger partial charge in [-0.2, -0.15) is 9.97 Å². The van der Waals surface area contributed by atoms with Crippen molar-refractivity contribution in [3.63, 3.8) is 0 Å². The fourth-order valence-corrected chi connectivity index (χ4v) is 2.33. The van der Waals surface area contributed by atoms with Gasteiger partial charge < -0.3 is 10.2 Å². The van der Waals surface area contributed by atoms with Gasteiger partial charge >= 0.3 is 0 Å². The molecule has 0 spiro atoms. The lowest BCUT2D eigenvalue weighted by molar-refractivity contribution is 0.298. The van der Waals surface area contributed by atoms with Crippen molar-refractivity contribution in [2.75, 3.05) is 31.5 Å². The first-order valence-electron chi connectivity index (χ1n) is 7.35. The molecule has 0 fully saturated rings. The van der Waals surface area contributed by atoms with Crippen LogP contribution in [0, 0.1) is 0 Å². The van der Waals surface area contributed by atoms with Crippen LogP contribution in [0.25, 0.3) is 11.2 Å². The summed E-state index contributed by atoms with van der Waals surface area (Å²) < 4.78 is 0. The van der Waals surface area contributed by atoms with Crippen LogP contribution in [0.4, 0.5) is 5.82 Å². The molecular formula is C14H21ClN6. The summed E-state index contributed by atoms with van der Waals surface area (Å²) in [5.41, 5.74) is 1.17. The summed E-state index contributed by atoms with van der Waals surface area (Å²) in [5.74, 6) is 0.654. The minimum Gasteiger partial charge on any atom is -0.368 e. The zero-order chi connectivity index (χ0) is 15.1. The second-order valence-corrected chi connectivity index (χ2v) is 5.07. The minimum absolute atomic E-state index is 0.189. The molecule has 2 aromatic rings. The van der Waals surface area contributed by atoms with Gasteiger partial charge in [-0.05, 0) is 44.1 Å². The van der Waals surface area contributed by atoms with E-state index in [0.717, 1.165) is 39.0 Å². The van der Waals surface area contributed by atoms with Crippen LogP contribution in [0.3, 0.4) is 0 Å². The molecule has 0 aromatic carbocycles. The Labute approximate surface area is 130 Å². The van der Waals surface area contributed by atoms with E-state index in [0.29, 0.717) is 17.0 Å². The SMILES string of the molecule is CCN(CC)CCCCNc1nc(Cl)nc2nccnc12.